The summed E-state index contributed by atoms with van der Waals surface area (Å²) in [4.78, 5) is 23.9. The van der Waals surface area contributed by atoms with Gasteiger partial charge in [-0.2, -0.15) is 0 Å². The van der Waals surface area contributed by atoms with Gasteiger partial charge >= 0.3 is 0 Å². The van der Waals surface area contributed by atoms with Crippen molar-refractivity contribution in [1.29, 1.82) is 0 Å². The minimum absolute atomic E-state index is 0.00690. The van der Waals surface area contributed by atoms with Crippen molar-refractivity contribution in [3.63, 3.8) is 0 Å². The summed E-state index contributed by atoms with van der Waals surface area (Å²) in [5.41, 5.74) is 1.19. The lowest BCUT2D eigenvalue weighted by Gasteiger charge is -2.06. The van der Waals surface area contributed by atoms with Crippen LogP contribution in [0.1, 0.15) is 23.3 Å². The van der Waals surface area contributed by atoms with E-state index < -0.39 is 0 Å². The van der Waals surface area contributed by atoms with Crippen molar-refractivity contribution in [2.24, 2.45) is 5.92 Å². The molecule has 2 amide bonds. The van der Waals surface area contributed by atoms with Crippen LogP contribution in [-0.2, 0) is 16.1 Å². The number of nitrogens with one attached hydrogen (secondary N) is 2. The number of hydrogen-bond acceptors (Lipinski definition) is 3. The van der Waals surface area contributed by atoms with E-state index >= 15 is 0 Å². The lowest BCUT2D eigenvalue weighted by Crippen LogP contribution is -2.37. The SMILES string of the molecule is Cc1ccsc1CNC(=O)CNC(=O)C1CC1. The van der Waals surface area contributed by atoms with Gasteiger partial charge in [-0.3, -0.25) is 9.59 Å². The Morgan fingerprint density at radius 2 is 2.18 bits per heavy atom. The number of thiophene rings is 1. The molecule has 0 unspecified atom stereocenters. The maximum Gasteiger partial charge on any atom is 0.239 e. The summed E-state index contributed by atoms with van der Waals surface area (Å²) in [5.74, 6) is 0.0293. The Hall–Kier alpha value is -1.36. The molecular formula is C12H16N2O2S. The van der Waals surface area contributed by atoms with E-state index in [2.05, 4.69) is 10.6 Å². The third kappa shape index (κ3) is 3.56. The summed E-state index contributed by atoms with van der Waals surface area (Å²) in [5, 5.41) is 7.44. The molecule has 1 aromatic heterocycles. The van der Waals surface area contributed by atoms with E-state index in [-0.39, 0.29) is 24.3 Å². The highest BCUT2D eigenvalue weighted by atomic mass is 32.1. The fourth-order valence-corrected chi connectivity index (χ4v) is 2.33. The molecule has 0 spiro atoms. The van der Waals surface area contributed by atoms with Crippen LogP contribution in [0.15, 0.2) is 11.4 Å². The van der Waals surface area contributed by atoms with Crippen LogP contribution in [0.25, 0.3) is 0 Å². The number of rotatable bonds is 5. The van der Waals surface area contributed by atoms with Crippen LogP contribution in [-0.4, -0.2) is 18.4 Å². The van der Waals surface area contributed by atoms with Gasteiger partial charge in [-0.1, -0.05) is 0 Å². The molecule has 92 valence electrons. The van der Waals surface area contributed by atoms with Gasteiger partial charge in [0.05, 0.1) is 13.1 Å². The second-order valence-corrected chi connectivity index (χ2v) is 5.30. The molecule has 1 aliphatic carbocycles. The van der Waals surface area contributed by atoms with Gasteiger partial charge < -0.3 is 10.6 Å². The summed E-state index contributed by atoms with van der Waals surface area (Å²) in [7, 11) is 0. The van der Waals surface area contributed by atoms with Gasteiger partial charge in [0.2, 0.25) is 11.8 Å². The fraction of sp³-hybridized carbons (Fsp3) is 0.500. The largest absolute Gasteiger partial charge is 0.350 e. The molecule has 17 heavy (non-hydrogen) atoms. The minimum Gasteiger partial charge on any atom is -0.350 e. The van der Waals surface area contributed by atoms with Crippen LogP contribution in [0, 0.1) is 12.8 Å². The van der Waals surface area contributed by atoms with E-state index in [0.717, 1.165) is 17.7 Å². The first kappa shape index (κ1) is 12.1. The molecule has 4 nitrogen and oxygen atoms in total. The molecule has 1 aromatic rings. The van der Waals surface area contributed by atoms with E-state index in [4.69, 9.17) is 0 Å². The van der Waals surface area contributed by atoms with Crippen LogP contribution in [0.5, 0.6) is 0 Å². The van der Waals surface area contributed by atoms with Crippen LogP contribution >= 0.6 is 11.3 Å². The van der Waals surface area contributed by atoms with Crippen molar-refractivity contribution in [2.45, 2.75) is 26.3 Å². The van der Waals surface area contributed by atoms with Gasteiger partial charge in [-0.25, -0.2) is 0 Å². The zero-order chi connectivity index (χ0) is 12.3. The van der Waals surface area contributed by atoms with Gasteiger partial charge in [0.15, 0.2) is 0 Å². The van der Waals surface area contributed by atoms with Gasteiger partial charge in [-0.15, -0.1) is 11.3 Å². The molecule has 0 bridgehead atoms. The third-order valence-electron chi connectivity index (χ3n) is 2.79. The first-order valence-electron chi connectivity index (χ1n) is 5.74. The molecule has 0 aromatic carbocycles. The molecule has 2 N–H and O–H groups in total. The van der Waals surface area contributed by atoms with E-state index in [1.807, 2.05) is 18.4 Å². The van der Waals surface area contributed by atoms with E-state index in [1.165, 1.54) is 5.56 Å². The molecule has 1 fully saturated rings. The summed E-state index contributed by atoms with van der Waals surface area (Å²) >= 11 is 1.63. The molecule has 0 radical (unpaired) electrons. The van der Waals surface area contributed by atoms with Crippen molar-refractivity contribution in [1.82, 2.24) is 10.6 Å². The molecule has 5 heteroatoms. The minimum atomic E-state index is -0.133. The summed E-state index contributed by atoms with van der Waals surface area (Å²) in [6, 6.07) is 2.03. The maximum atomic E-state index is 11.5. The Kier molecular flexibility index (Phi) is 3.78. The van der Waals surface area contributed by atoms with Crippen LogP contribution in [0.4, 0.5) is 0 Å². The zero-order valence-corrected chi connectivity index (χ0v) is 10.6. The first-order valence-corrected chi connectivity index (χ1v) is 6.62. The average molecular weight is 252 g/mol. The number of carbonyl (C=O) groups is 2. The topological polar surface area (TPSA) is 58.2 Å². The first-order chi connectivity index (χ1) is 8.16. The van der Waals surface area contributed by atoms with E-state index in [1.54, 1.807) is 11.3 Å². The van der Waals surface area contributed by atoms with Gasteiger partial charge in [0.1, 0.15) is 0 Å². The highest BCUT2D eigenvalue weighted by Gasteiger charge is 2.29. The molecule has 0 saturated heterocycles. The van der Waals surface area contributed by atoms with E-state index in [9.17, 15) is 9.59 Å². The summed E-state index contributed by atoms with van der Waals surface area (Å²) < 4.78 is 0. The number of aryl methyl sites for hydroxylation is 1. The van der Waals surface area contributed by atoms with Gasteiger partial charge in [0.25, 0.3) is 0 Å². The fourth-order valence-electron chi connectivity index (χ4n) is 1.48. The monoisotopic (exact) mass is 252 g/mol. The molecule has 0 atom stereocenters. The maximum absolute atomic E-state index is 11.5. The van der Waals surface area contributed by atoms with Gasteiger partial charge in [-0.05, 0) is 36.8 Å². The normalized spacial score (nSPS) is 14.4. The van der Waals surface area contributed by atoms with Gasteiger partial charge in [0, 0.05) is 10.8 Å². The Balaban J connectivity index is 1.67. The molecule has 1 heterocycles. The standard InChI is InChI=1S/C12H16N2O2S/c1-8-4-5-17-10(8)6-13-11(15)7-14-12(16)9-2-3-9/h4-5,9H,2-3,6-7H2,1H3,(H,13,15)(H,14,16). The average Bonchev–Trinajstić information content (AvgIpc) is 3.08. The summed E-state index contributed by atoms with van der Waals surface area (Å²) in [6.45, 7) is 2.65. The molecule has 0 aliphatic heterocycles. The highest BCUT2D eigenvalue weighted by molar-refractivity contribution is 7.10. The van der Waals surface area contributed by atoms with Crippen molar-refractivity contribution >= 4 is 23.2 Å². The van der Waals surface area contributed by atoms with Crippen LogP contribution < -0.4 is 10.6 Å². The molecule has 2 rings (SSSR count). The van der Waals surface area contributed by atoms with Crippen molar-refractivity contribution in [3.05, 3.63) is 21.9 Å². The summed E-state index contributed by atoms with van der Waals surface area (Å²) in [6.07, 6.45) is 1.92. The Morgan fingerprint density at radius 3 is 2.76 bits per heavy atom. The number of hydrogen-bond donors (Lipinski definition) is 2. The number of amides is 2. The number of carbonyl (C=O) groups excluding carboxylic acids is 2. The lowest BCUT2D eigenvalue weighted by atomic mass is 10.3. The predicted molar refractivity (Wildman–Crippen MR) is 66.6 cm³/mol. The van der Waals surface area contributed by atoms with E-state index in [0.29, 0.717) is 6.54 Å². The second-order valence-electron chi connectivity index (χ2n) is 4.30. The van der Waals surface area contributed by atoms with Crippen LogP contribution in [0.3, 0.4) is 0 Å². The Labute approximate surface area is 104 Å². The zero-order valence-electron chi connectivity index (χ0n) is 9.79. The molecule has 1 aliphatic rings. The Bertz CT molecular complexity index is 424. The van der Waals surface area contributed by atoms with Crippen LogP contribution in [0.2, 0.25) is 0 Å². The molecular weight excluding hydrogens is 236 g/mol. The second kappa shape index (κ2) is 5.31. The predicted octanol–water partition coefficient (Wildman–Crippen LogP) is 1.20. The lowest BCUT2D eigenvalue weighted by molar-refractivity contribution is -0.126. The Morgan fingerprint density at radius 1 is 1.41 bits per heavy atom. The molecule has 1 saturated carbocycles. The highest BCUT2D eigenvalue weighted by Crippen LogP contribution is 2.28. The third-order valence-corrected chi connectivity index (χ3v) is 3.81. The van der Waals surface area contributed by atoms with Crippen molar-refractivity contribution < 1.29 is 9.59 Å². The van der Waals surface area contributed by atoms with Crippen molar-refractivity contribution in [2.75, 3.05) is 6.54 Å². The van der Waals surface area contributed by atoms with Crippen molar-refractivity contribution in [3.8, 4) is 0 Å². The smallest absolute Gasteiger partial charge is 0.239 e. The quantitative estimate of drug-likeness (QED) is 0.827.